The maximum atomic E-state index is 9.55. The Morgan fingerprint density at radius 2 is 1.55 bits per heavy atom. The lowest BCUT2D eigenvalue weighted by Crippen LogP contribution is -2.33. The van der Waals surface area contributed by atoms with Gasteiger partial charge in [-0.3, -0.25) is 0 Å². The average Bonchev–Trinajstić information content (AvgIpc) is 2.52. The van der Waals surface area contributed by atoms with E-state index in [9.17, 15) is 5.11 Å². The third kappa shape index (κ3) is 4.48. The number of rotatable bonds is 7. The summed E-state index contributed by atoms with van der Waals surface area (Å²) in [5.41, 5.74) is 2.50. The van der Waals surface area contributed by atoms with Crippen molar-refractivity contribution in [2.75, 3.05) is 6.61 Å². The summed E-state index contributed by atoms with van der Waals surface area (Å²) in [4.78, 5) is 0. The summed E-state index contributed by atoms with van der Waals surface area (Å²) in [6.07, 6.45) is 2.12. The van der Waals surface area contributed by atoms with E-state index < -0.39 is 0 Å². The fraction of sp³-hybridized carbons (Fsp3) is 0.333. The predicted octanol–water partition coefficient (Wildman–Crippen LogP) is 3.33. The molecule has 2 N–H and O–H groups in total. The van der Waals surface area contributed by atoms with Gasteiger partial charge in [0.25, 0.3) is 0 Å². The Balaban J connectivity index is 1.85. The van der Waals surface area contributed by atoms with Crippen molar-refractivity contribution >= 4 is 0 Å². The van der Waals surface area contributed by atoms with Crippen LogP contribution in [0.5, 0.6) is 0 Å². The van der Waals surface area contributed by atoms with Crippen LogP contribution in [0.15, 0.2) is 60.7 Å². The van der Waals surface area contributed by atoms with Crippen molar-refractivity contribution in [3.05, 3.63) is 71.8 Å². The maximum absolute atomic E-state index is 9.55. The van der Waals surface area contributed by atoms with Crippen molar-refractivity contribution in [3.63, 3.8) is 0 Å². The molecule has 2 atom stereocenters. The fourth-order valence-corrected chi connectivity index (χ4v) is 2.39. The van der Waals surface area contributed by atoms with Gasteiger partial charge in [-0.15, -0.1) is 0 Å². The van der Waals surface area contributed by atoms with Crippen molar-refractivity contribution < 1.29 is 5.11 Å². The smallest absolute Gasteiger partial charge is 0.0626 e. The molecule has 2 aromatic rings. The van der Waals surface area contributed by atoms with Gasteiger partial charge in [-0.2, -0.15) is 0 Å². The third-order valence-electron chi connectivity index (χ3n) is 3.58. The van der Waals surface area contributed by atoms with Crippen LogP contribution in [0.3, 0.4) is 0 Å². The molecule has 0 aliphatic heterocycles. The minimum atomic E-state index is 0.0157. The van der Waals surface area contributed by atoms with E-state index in [-0.39, 0.29) is 12.6 Å². The second kappa shape index (κ2) is 7.83. The van der Waals surface area contributed by atoms with Gasteiger partial charge in [-0.25, -0.2) is 0 Å². The summed E-state index contributed by atoms with van der Waals surface area (Å²) in [7, 11) is 0. The van der Waals surface area contributed by atoms with Gasteiger partial charge in [0.2, 0.25) is 0 Å². The Kier molecular flexibility index (Phi) is 5.78. The van der Waals surface area contributed by atoms with Crippen LogP contribution < -0.4 is 5.32 Å². The number of hydrogen-bond acceptors (Lipinski definition) is 2. The van der Waals surface area contributed by atoms with Crippen molar-refractivity contribution in [1.29, 1.82) is 0 Å². The molecule has 0 radical (unpaired) electrons. The highest BCUT2D eigenvalue weighted by Gasteiger charge is 2.12. The molecule has 0 heterocycles. The van der Waals surface area contributed by atoms with Gasteiger partial charge in [-0.05, 0) is 30.9 Å². The summed E-state index contributed by atoms with van der Waals surface area (Å²) >= 11 is 0. The average molecular weight is 269 g/mol. The Morgan fingerprint density at radius 1 is 0.950 bits per heavy atom. The molecule has 0 aliphatic carbocycles. The molecule has 0 aliphatic rings. The van der Waals surface area contributed by atoms with Gasteiger partial charge in [0, 0.05) is 6.04 Å². The first-order chi connectivity index (χ1) is 9.79. The third-order valence-corrected chi connectivity index (χ3v) is 3.58. The number of aliphatic hydroxyl groups is 1. The zero-order valence-electron chi connectivity index (χ0n) is 12.0. The molecule has 0 amide bonds. The summed E-state index contributed by atoms with van der Waals surface area (Å²) in [6, 6.07) is 21.0. The van der Waals surface area contributed by atoms with Crippen LogP contribution in [0.1, 0.15) is 30.5 Å². The van der Waals surface area contributed by atoms with Gasteiger partial charge in [0.1, 0.15) is 0 Å². The Bertz CT molecular complexity index is 483. The Labute approximate surface area is 121 Å². The molecule has 2 rings (SSSR count). The molecule has 2 aromatic carbocycles. The molecule has 0 saturated heterocycles. The van der Waals surface area contributed by atoms with E-state index in [2.05, 4.69) is 48.6 Å². The Hall–Kier alpha value is -1.64. The van der Waals surface area contributed by atoms with Crippen LogP contribution >= 0.6 is 0 Å². The number of nitrogens with one attached hydrogen (secondary N) is 1. The van der Waals surface area contributed by atoms with E-state index in [4.69, 9.17) is 0 Å². The topological polar surface area (TPSA) is 32.3 Å². The standard InChI is InChI=1S/C18H23NO/c1-15(12-13-16-8-4-2-5-9-16)19-18(14-20)17-10-6-3-7-11-17/h2-11,15,18-20H,12-14H2,1H3/t15?,18-/m1/s1. The van der Waals surface area contributed by atoms with Gasteiger partial charge in [0.15, 0.2) is 0 Å². The van der Waals surface area contributed by atoms with Gasteiger partial charge < -0.3 is 10.4 Å². The second-order valence-corrected chi connectivity index (χ2v) is 5.24. The molecule has 0 bridgehead atoms. The molecule has 2 nitrogen and oxygen atoms in total. The minimum Gasteiger partial charge on any atom is -0.394 e. The van der Waals surface area contributed by atoms with Crippen molar-refractivity contribution in [1.82, 2.24) is 5.32 Å². The summed E-state index contributed by atoms with van der Waals surface area (Å²) in [5, 5.41) is 13.1. The van der Waals surface area contributed by atoms with E-state index in [0.29, 0.717) is 6.04 Å². The molecule has 0 saturated carbocycles. The first-order valence-corrected chi connectivity index (χ1v) is 7.25. The molecule has 20 heavy (non-hydrogen) atoms. The van der Waals surface area contributed by atoms with Gasteiger partial charge in [-0.1, -0.05) is 60.7 Å². The molecular weight excluding hydrogens is 246 g/mol. The van der Waals surface area contributed by atoms with Crippen molar-refractivity contribution in [2.24, 2.45) is 0 Å². The SMILES string of the molecule is CC(CCc1ccccc1)N[C@H](CO)c1ccccc1. The second-order valence-electron chi connectivity index (χ2n) is 5.24. The number of benzene rings is 2. The zero-order chi connectivity index (χ0) is 14.2. The highest BCUT2D eigenvalue weighted by Crippen LogP contribution is 2.14. The fourth-order valence-electron chi connectivity index (χ4n) is 2.39. The zero-order valence-corrected chi connectivity index (χ0v) is 12.0. The van der Waals surface area contributed by atoms with E-state index >= 15 is 0 Å². The van der Waals surface area contributed by atoms with Crippen LogP contribution in [0, 0.1) is 0 Å². The number of hydrogen-bond donors (Lipinski definition) is 2. The van der Waals surface area contributed by atoms with Crippen LogP contribution in [-0.4, -0.2) is 17.8 Å². The van der Waals surface area contributed by atoms with Gasteiger partial charge >= 0.3 is 0 Å². The molecule has 0 spiro atoms. The van der Waals surface area contributed by atoms with Crippen LogP contribution in [0.4, 0.5) is 0 Å². The highest BCUT2D eigenvalue weighted by atomic mass is 16.3. The molecular formula is C18H23NO. The quantitative estimate of drug-likeness (QED) is 0.808. The van der Waals surface area contributed by atoms with E-state index in [1.165, 1.54) is 5.56 Å². The maximum Gasteiger partial charge on any atom is 0.0626 e. The first-order valence-electron chi connectivity index (χ1n) is 7.25. The minimum absolute atomic E-state index is 0.0157. The largest absolute Gasteiger partial charge is 0.394 e. The van der Waals surface area contributed by atoms with E-state index in [1.54, 1.807) is 0 Å². The highest BCUT2D eigenvalue weighted by molar-refractivity contribution is 5.19. The van der Waals surface area contributed by atoms with Gasteiger partial charge in [0.05, 0.1) is 12.6 Å². The molecule has 0 aromatic heterocycles. The number of aryl methyl sites for hydroxylation is 1. The monoisotopic (exact) mass is 269 g/mol. The summed E-state index contributed by atoms with van der Waals surface area (Å²) in [5.74, 6) is 0. The van der Waals surface area contributed by atoms with Crippen LogP contribution in [0.25, 0.3) is 0 Å². The summed E-state index contributed by atoms with van der Waals surface area (Å²) < 4.78 is 0. The van der Waals surface area contributed by atoms with Crippen LogP contribution in [-0.2, 0) is 6.42 Å². The molecule has 1 unspecified atom stereocenters. The molecule has 106 valence electrons. The summed E-state index contributed by atoms with van der Waals surface area (Å²) in [6.45, 7) is 2.30. The van der Waals surface area contributed by atoms with Crippen molar-refractivity contribution in [2.45, 2.75) is 31.8 Å². The predicted molar refractivity (Wildman–Crippen MR) is 83.6 cm³/mol. The van der Waals surface area contributed by atoms with E-state index in [1.807, 2.05) is 24.3 Å². The lowest BCUT2D eigenvalue weighted by Gasteiger charge is -2.22. The normalized spacial score (nSPS) is 13.9. The molecule has 2 heteroatoms. The first kappa shape index (κ1) is 14.8. The lowest BCUT2D eigenvalue weighted by atomic mass is 10.0. The Morgan fingerprint density at radius 3 is 2.15 bits per heavy atom. The van der Waals surface area contributed by atoms with E-state index in [0.717, 1.165) is 18.4 Å². The van der Waals surface area contributed by atoms with Crippen LogP contribution in [0.2, 0.25) is 0 Å². The number of aliphatic hydroxyl groups excluding tert-OH is 1. The lowest BCUT2D eigenvalue weighted by molar-refractivity contribution is 0.233. The van der Waals surface area contributed by atoms with Crippen molar-refractivity contribution in [3.8, 4) is 0 Å². The molecule has 0 fully saturated rings.